The Labute approximate surface area is 185 Å². The van der Waals surface area contributed by atoms with Crippen LogP contribution >= 0.6 is 15.9 Å². The van der Waals surface area contributed by atoms with Gasteiger partial charge in [-0.1, -0.05) is 28.1 Å². The molecule has 5 rings (SSSR count). The first kappa shape index (κ1) is 19.2. The highest BCUT2D eigenvalue weighted by atomic mass is 79.9. The summed E-state index contributed by atoms with van der Waals surface area (Å²) in [6.07, 6.45) is 1.78. The van der Waals surface area contributed by atoms with E-state index in [0.717, 1.165) is 37.5 Å². The Morgan fingerprint density at radius 2 is 1.74 bits per heavy atom. The first-order valence-corrected chi connectivity index (χ1v) is 10.2. The van der Waals surface area contributed by atoms with Crippen LogP contribution in [0.5, 0.6) is 5.75 Å². The number of nitro groups is 1. The second kappa shape index (κ2) is 7.48. The highest BCUT2D eigenvalue weighted by Crippen LogP contribution is 2.36. The van der Waals surface area contributed by atoms with Crippen LogP contribution in [-0.4, -0.2) is 26.8 Å². The summed E-state index contributed by atoms with van der Waals surface area (Å²) in [6, 6.07) is 20.0. The summed E-state index contributed by atoms with van der Waals surface area (Å²) in [6.45, 7) is 0. The molecule has 0 unspecified atom stereocenters. The number of non-ortho nitro benzene ring substituents is 1. The van der Waals surface area contributed by atoms with Crippen molar-refractivity contribution < 1.29 is 9.66 Å². The van der Waals surface area contributed by atoms with E-state index >= 15 is 0 Å². The van der Waals surface area contributed by atoms with Gasteiger partial charge in [-0.2, -0.15) is 5.10 Å². The third-order valence-corrected chi connectivity index (χ3v) is 5.67. The second-order valence-corrected chi connectivity index (χ2v) is 7.83. The maximum atomic E-state index is 11.0. The highest BCUT2D eigenvalue weighted by Gasteiger charge is 2.19. The molecule has 2 aromatic heterocycles. The van der Waals surface area contributed by atoms with E-state index in [1.165, 1.54) is 12.1 Å². The molecule has 0 aliphatic heterocycles. The molecule has 0 aliphatic carbocycles. The lowest BCUT2D eigenvalue weighted by Crippen LogP contribution is -1.97. The topological polar surface area (TPSA) is 83.1 Å². The standard InChI is InChI=1S/C23H15BrN4O3/c1-31-20-4-2-3-18-22(20)25-13-19-21(14-5-9-17(10-6-14)28(29)30)26-27(23(18)19)16-11-7-15(24)8-12-16/h2-13H,1H3. The Hall–Kier alpha value is -3.78. The number of halogens is 1. The van der Waals surface area contributed by atoms with Crippen LogP contribution < -0.4 is 4.74 Å². The fourth-order valence-corrected chi connectivity index (χ4v) is 3.94. The third-order valence-electron chi connectivity index (χ3n) is 5.14. The quantitative estimate of drug-likeness (QED) is 0.238. The summed E-state index contributed by atoms with van der Waals surface area (Å²) in [7, 11) is 1.62. The minimum atomic E-state index is -0.413. The number of hydrogen-bond acceptors (Lipinski definition) is 5. The van der Waals surface area contributed by atoms with Crippen LogP contribution in [0.2, 0.25) is 0 Å². The van der Waals surface area contributed by atoms with Gasteiger partial charge in [-0.25, -0.2) is 4.68 Å². The van der Waals surface area contributed by atoms with Gasteiger partial charge in [0, 0.05) is 39.1 Å². The second-order valence-electron chi connectivity index (χ2n) is 6.92. The SMILES string of the molecule is COc1cccc2c1ncc1c(-c3ccc([N+](=O)[O-])cc3)nn(-c3ccc(Br)cc3)c12. The van der Waals surface area contributed by atoms with Crippen molar-refractivity contribution in [3.63, 3.8) is 0 Å². The maximum absolute atomic E-state index is 11.0. The zero-order chi connectivity index (χ0) is 21.5. The van der Waals surface area contributed by atoms with Gasteiger partial charge in [-0.15, -0.1) is 0 Å². The number of hydrogen-bond donors (Lipinski definition) is 0. The predicted molar refractivity (Wildman–Crippen MR) is 123 cm³/mol. The largest absolute Gasteiger partial charge is 0.494 e. The number of fused-ring (bicyclic) bond motifs is 3. The molecule has 5 aromatic rings. The van der Waals surface area contributed by atoms with Crippen LogP contribution in [0, 0.1) is 10.1 Å². The van der Waals surface area contributed by atoms with Crippen molar-refractivity contribution in [2.24, 2.45) is 0 Å². The van der Waals surface area contributed by atoms with Crippen molar-refractivity contribution in [1.82, 2.24) is 14.8 Å². The van der Waals surface area contributed by atoms with Crippen LogP contribution in [0.4, 0.5) is 5.69 Å². The molecule has 31 heavy (non-hydrogen) atoms. The minimum absolute atomic E-state index is 0.0358. The number of ether oxygens (including phenoxy) is 1. The van der Waals surface area contributed by atoms with Crippen molar-refractivity contribution in [2.45, 2.75) is 0 Å². The molecule has 0 bridgehead atoms. The summed E-state index contributed by atoms with van der Waals surface area (Å²) in [5.41, 5.74) is 4.02. The molecule has 0 aliphatic rings. The number of para-hydroxylation sites is 1. The molecule has 0 saturated heterocycles. The predicted octanol–water partition coefficient (Wildman–Crippen LogP) is 5.92. The fraction of sp³-hybridized carbons (Fsp3) is 0.0435. The molecule has 3 aromatic carbocycles. The van der Waals surface area contributed by atoms with E-state index in [4.69, 9.17) is 9.84 Å². The normalized spacial score (nSPS) is 11.2. The Bertz CT molecular complexity index is 1440. The van der Waals surface area contributed by atoms with Crippen LogP contribution in [-0.2, 0) is 0 Å². The maximum Gasteiger partial charge on any atom is 0.269 e. The van der Waals surface area contributed by atoms with E-state index in [9.17, 15) is 10.1 Å². The molecule has 2 heterocycles. The number of nitro benzene ring substituents is 1. The third kappa shape index (κ3) is 3.21. The van der Waals surface area contributed by atoms with Crippen molar-refractivity contribution in [1.29, 1.82) is 0 Å². The fourth-order valence-electron chi connectivity index (χ4n) is 3.68. The van der Waals surface area contributed by atoms with E-state index in [2.05, 4.69) is 20.9 Å². The molecule has 0 amide bonds. The highest BCUT2D eigenvalue weighted by molar-refractivity contribution is 9.10. The Balaban J connectivity index is 1.84. The Kier molecular flexibility index (Phi) is 4.63. The smallest absolute Gasteiger partial charge is 0.269 e. The lowest BCUT2D eigenvalue weighted by atomic mass is 10.1. The van der Waals surface area contributed by atoms with Gasteiger partial charge < -0.3 is 4.74 Å². The molecular weight excluding hydrogens is 460 g/mol. The van der Waals surface area contributed by atoms with Crippen LogP contribution in [0.25, 0.3) is 38.8 Å². The summed E-state index contributed by atoms with van der Waals surface area (Å²) in [5, 5.41) is 17.7. The number of methoxy groups -OCH3 is 1. The van der Waals surface area contributed by atoms with Gasteiger partial charge in [0.05, 0.1) is 23.2 Å². The van der Waals surface area contributed by atoms with Crippen LogP contribution in [0.15, 0.2) is 77.4 Å². The van der Waals surface area contributed by atoms with E-state index in [1.54, 1.807) is 25.4 Å². The number of benzene rings is 3. The number of aromatic nitrogens is 3. The van der Waals surface area contributed by atoms with E-state index < -0.39 is 4.92 Å². The van der Waals surface area contributed by atoms with Crippen LogP contribution in [0.1, 0.15) is 0 Å². The zero-order valence-electron chi connectivity index (χ0n) is 16.3. The minimum Gasteiger partial charge on any atom is -0.494 e. The monoisotopic (exact) mass is 474 g/mol. The molecule has 0 radical (unpaired) electrons. The molecule has 0 spiro atoms. The summed E-state index contributed by atoms with van der Waals surface area (Å²) in [4.78, 5) is 15.3. The Morgan fingerprint density at radius 3 is 2.42 bits per heavy atom. The van der Waals surface area contributed by atoms with Crippen LogP contribution in [0.3, 0.4) is 0 Å². The summed E-state index contributed by atoms with van der Waals surface area (Å²) in [5.74, 6) is 0.680. The lowest BCUT2D eigenvalue weighted by molar-refractivity contribution is -0.384. The van der Waals surface area contributed by atoms with Crippen molar-refractivity contribution in [2.75, 3.05) is 7.11 Å². The lowest BCUT2D eigenvalue weighted by Gasteiger charge is -2.08. The first-order chi connectivity index (χ1) is 15.1. The van der Waals surface area contributed by atoms with Gasteiger partial charge in [0.1, 0.15) is 17.0 Å². The number of rotatable bonds is 4. The zero-order valence-corrected chi connectivity index (χ0v) is 17.9. The average molecular weight is 475 g/mol. The summed E-state index contributed by atoms with van der Waals surface area (Å²) < 4.78 is 8.35. The van der Waals surface area contributed by atoms with Gasteiger partial charge >= 0.3 is 0 Å². The average Bonchev–Trinajstić information content (AvgIpc) is 3.19. The molecule has 152 valence electrons. The van der Waals surface area contributed by atoms with E-state index in [1.807, 2.05) is 47.1 Å². The molecular formula is C23H15BrN4O3. The molecule has 0 N–H and O–H groups in total. The molecule has 0 saturated carbocycles. The molecule has 0 fully saturated rings. The van der Waals surface area contributed by atoms with Gasteiger partial charge in [0.25, 0.3) is 5.69 Å². The first-order valence-electron chi connectivity index (χ1n) is 9.42. The Morgan fingerprint density at radius 1 is 1.00 bits per heavy atom. The molecule has 7 nitrogen and oxygen atoms in total. The van der Waals surface area contributed by atoms with E-state index in [0.29, 0.717) is 11.4 Å². The molecule has 0 atom stereocenters. The van der Waals surface area contributed by atoms with Crippen molar-refractivity contribution in [3.8, 4) is 22.7 Å². The molecule has 8 heteroatoms. The van der Waals surface area contributed by atoms with Gasteiger partial charge in [-0.3, -0.25) is 15.1 Å². The summed E-state index contributed by atoms with van der Waals surface area (Å²) >= 11 is 3.48. The van der Waals surface area contributed by atoms with Gasteiger partial charge in [-0.05, 0) is 42.5 Å². The van der Waals surface area contributed by atoms with Gasteiger partial charge in [0.2, 0.25) is 0 Å². The number of pyridine rings is 1. The van der Waals surface area contributed by atoms with Crippen molar-refractivity contribution in [3.05, 3.63) is 87.5 Å². The van der Waals surface area contributed by atoms with Crippen molar-refractivity contribution >= 4 is 43.4 Å². The van der Waals surface area contributed by atoms with E-state index in [-0.39, 0.29) is 5.69 Å². The van der Waals surface area contributed by atoms with Gasteiger partial charge in [0.15, 0.2) is 0 Å². The number of nitrogens with zero attached hydrogens (tertiary/aromatic N) is 4.